The maximum absolute atomic E-state index is 14.0. The molecule has 0 atom stereocenters. The average Bonchev–Trinajstić information content (AvgIpc) is 3.26. The van der Waals surface area contributed by atoms with Gasteiger partial charge < -0.3 is 4.90 Å². The number of rotatable bonds is 3. The first-order chi connectivity index (χ1) is 9.65. The van der Waals surface area contributed by atoms with Gasteiger partial charge in [-0.2, -0.15) is 0 Å². The Morgan fingerprint density at radius 3 is 2.60 bits per heavy atom. The highest BCUT2D eigenvalue weighted by atomic mass is 79.9. The van der Waals surface area contributed by atoms with Crippen molar-refractivity contribution >= 4 is 21.8 Å². The maximum Gasteiger partial charge on any atom is 0.256 e. The van der Waals surface area contributed by atoms with Crippen LogP contribution in [0.1, 0.15) is 23.2 Å². The van der Waals surface area contributed by atoms with E-state index in [4.69, 9.17) is 0 Å². The van der Waals surface area contributed by atoms with E-state index < -0.39 is 5.82 Å². The third kappa shape index (κ3) is 3.04. The molecule has 20 heavy (non-hydrogen) atoms. The lowest BCUT2D eigenvalue weighted by atomic mass is 10.1. The summed E-state index contributed by atoms with van der Waals surface area (Å²) < 4.78 is 14.3. The monoisotopic (exact) mass is 340 g/mol. The van der Waals surface area contributed by atoms with Gasteiger partial charge in [0.15, 0.2) is 0 Å². The molecular weight excluding hydrogens is 323 g/mol. The van der Waals surface area contributed by atoms with Crippen molar-refractivity contribution < 1.29 is 9.18 Å². The van der Waals surface area contributed by atoms with E-state index in [1.54, 1.807) is 23.1 Å². The molecule has 0 spiro atoms. The van der Waals surface area contributed by atoms with Crippen molar-refractivity contribution in [2.75, 3.05) is 32.7 Å². The van der Waals surface area contributed by atoms with Crippen LogP contribution in [0.15, 0.2) is 22.7 Å². The SMILES string of the molecule is O=C(c1cccc(Br)c1F)N1CCN(CC2CC2)CC1. The predicted molar refractivity (Wildman–Crippen MR) is 79.2 cm³/mol. The van der Waals surface area contributed by atoms with Crippen molar-refractivity contribution in [1.82, 2.24) is 9.80 Å². The summed E-state index contributed by atoms with van der Waals surface area (Å²) in [4.78, 5) is 16.5. The van der Waals surface area contributed by atoms with Crippen molar-refractivity contribution in [3.05, 3.63) is 34.1 Å². The van der Waals surface area contributed by atoms with E-state index in [1.807, 2.05) is 0 Å². The van der Waals surface area contributed by atoms with E-state index in [0.29, 0.717) is 17.6 Å². The number of nitrogens with zero attached hydrogens (tertiary/aromatic N) is 2. The molecule has 108 valence electrons. The molecule has 0 radical (unpaired) electrons. The van der Waals surface area contributed by atoms with Crippen molar-refractivity contribution in [2.24, 2.45) is 5.92 Å². The Balaban J connectivity index is 1.62. The summed E-state index contributed by atoms with van der Waals surface area (Å²) in [5.74, 6) is 0.215. The topological polar surface area (TPSA) is 23.6 Å². The summed E-state index contributed by atoms with van der Waals surface area (Å²) in [6.45, 7) is 4.35. The average molecular weight is 341 g/mol. The minimum absolute atomic E-state index is 0.162. The molecule has 0 unspecified atom stereocenters. The van der Waals surface area contributed by atoms with E-state index in [2.05, 4.69) is 20.8 Å². The summed E-state index contributed by atoms with van der Waals surface area (Å²) in [7, 11) is 0. The number of carbonyl (C=O) groups excluding carboxylic acids is 1. The predicted octanol–water partition coefficient (Wildman–Crippen LogP) is 2.76. The molecule has 0 N–H and O–H groups in total. The Morgan fingerprint density at radius 1 is 1.25 bits per heavy atom. The molecule has 1 aliphatic carbocycles. The highest BCUT2D eigenvalue weighted by Crippen LogP contribution is 2.30. The van der Waals surface area contributed by atoms with Crippen LogP contribution in [0.5, 0.6) is 0 Å². The van der Waals surface area contributed by atoms with Gasteiger partial charge in [0.2, 0.25) is 0 Å². The fourth-order valence-corrected chi connectivity index (χ4v) is 3.00. The second-order valence-corrected chi connectivity index (χ2v) is 6.49. The Kier molecular flexibility index (Phi) is 4.08. The number of amides is 1. The van der Waals surface area contributed by atoms with Gasteiger partial charge in [-0.1, -0.05) is 6.07 Å². The fourth-order valence-electron chi connectivity index (χ4n) is 2.64. The Bertz CT molecular complexity index is 511. The van der Waals surface area contributed by atoms with Crippen LogP contribution in [0.2, 0.25) is 0 Å². The minimum atomic E-state index is -0.460. The van der Waals surface area contributed by atoms with Crippen LogP contribution in [0.4, 0.5) is 4.39 Å². The van der Waals surface area contributed by atoms with E-state index >= 15 is 0 Å². The molecule has 1 amide bonds. The zero-order chi connectivity index (χ0) is 14.1. The van der Waals surface area contributed by atoms with Crippen molar-refractivity contribution in [3.8, 4) is 0 Å². The number of piperazine rings is 1. The second kappa shape index (κ2) is 5.82. The molecule has 0 bridgehead atoms. The molecule has 2 aliphatic rings. The minimum Gasteiger partial charge on any atom is -0.336 e. The van der Waals surface area contributed by atoms with Crippen LogP contribution in [-0.2, 0) is 0 Å². The van der Waals surface area contributed by atoms with E-state index in [1.165, 1.54) is 12.8 Å². The zero-order valence-electron chi connectivity index (χ0n) is 11.3. The van der Waals surface area contributed by atoms with Crippen LogP contribution >= 0.6 is 15.9 Å². The summed E-state index contributed by atoms with van der Waals surface area (Å²) in [5.41, 5.74) is 0.162. The fraction of sp³-hybridized carbons (Fsp3) is 0.533. The lowest BCUT2D eigenvalue weighted by Gasteiger charge is -2.34. The first kappa shape index (κ1) is 14.0. The van der Waals surface area contributed by atoms with Gasteiger partial charge in [0, 0.05) is 32.7 Å². The summed E-state index contributed by atoms with van der Waals surface area (Å²) in [6.07, 6.45) is 2.70. The molecule has 2 fully saturated rings. The van der Waals surface area contributed by atoms with Gasteiger partial charge in [0.05, 0.1) is 10.0 Å². The van der Waals surface area contributed by atoms with Crippen LogP contribution in [0, 0.1) is 11.7 Å². The number of carbonyl (C=O) groups is 1. The molecule has 1 saturated heterocycles. The Hall–Kier alpha value is -0.940. The van der Waals surface area contributed by atoms with Crippen molar-refractivity contribution in [1.29, 1.82) is 0 Å². The standard InChI is InChI=1S/C15H18BrFN2O/c16-13-3-1-2-12(14(13)17)15(20)19-8-6-18(7-9-19)10-11-4-5-11/h1-3,11H,4-10H2. The van der Waals surface area contributed by atoms with Gasteiger partial charge in [-0.15, -0.1) is 0 Å². The van der Waals surface area contributed by atoms with Gasteiger partial charge in [-0.3, -0.25) is 9.69 Å². The van der Waals surface area contributed by atoms with E-state index in [9.17, 15) is 9.18 Å². The normalized spacial score (nSPS) is 20.2. The van der Waals surface area contributed by atoms with Crippen molar-refractivity contribution in [3.63, 3.8) is 0 Å². The number of benzene rings is 1. The van der Waals surface area contributed by atoms with E-state index in [-0.39, 0.29) is 11.5 Å². The quantitative estimate of drug-likeness (QED) is 0.844. The van der Waals surface area contributed by atoms with E-state index in [0.717, 1.165) is 25.6 Å². The van der Waals surface area contributed by atoms with Crippen LogP contribution in [0.25, 0.3) is 0 Å². The van der Waals surface area contributed by atoms with Crippen molar-refractivity contribution in [2.45, 2.75) is 12.8 Å². The number of halogens is 2. The molecule has 1 aromatic rings. The van der Waals surface area contributed by atoms with Gasteiger partial charge in [-0.25, -0.2) is 4.39 Å². The smallest absolute Gasteiger partial charge is 0.256 e. The third-order valence-electron chi connectivity index (χ3n) is 4.05. The summed E-state index contributed by atoms with van der Waals surface area (Å²) in [6, 6.07) is 4.86. The zero-order valence-corrected chi connectivity index (χ0v) is 12.9. The lowest BCUT2D eigenvalue weighted by molar-refractivity contribution is 0.0627. The maximum atomic E-state index is 14.0. The lowest BCUT2D eigenvalue weighted by Crippen LogP contribution is -2.49. The van der Waals surface area contributed by atoms with Gasteiger partial charge >= 0.3 is 0 Å². The summed E-state index contributed by atoms with van der Waals surface area (Å²) >= 11 is 3.13. The van der Waals surface area contributed by atoms with Crippen LogP contribution < -0.4 is 0 Å². The molecule has 3 nitrogen and oxygen atoms in total. The molecule has 1 aliphatic heterocycles. The Morgan fingerprint density at radius 2 is 1.95 bits per heavy atom. The molecule has 0 aromatic heterocycles. The molecule has 1 aromatic carbocycles. The molecule has 5 heteroatoms. The number of hydrogen-bond acceptors (Lipinski definition) is 2. The highest BCUT2D eigenvalue weighted by Gasteiger charge is 2.28. The number of hydrogen-bond donors (Lipinski definition) is 0. The van der Waals surface area contributed by atoms with Gasteiger partial charge in [0.25, 0.3) is 5.91 Å². The first-order valence-corrected chi connectivity index (χ1v) is 7.90. The molecule has 1 saturated carbocycles. The second-order valence-electron chi connectivity index (χ2n) is 5.64. The Labute approximate surface area is 126 Å². The van der Waals surface area contributed by atoms with Crippen LogP contribution in [-0.4, -0.2) is 48.4 Å². The molecule has 1 heterocycles. The third-order valence-corrected chi connectivity index (χ3v) is 4.67. The first-order valence-electron chi connectivity index (χ1n) is 7.11. The molecular formula is C15H18BrFN2O. The van der Waals surface area contributed by atoms with Gasteiger partial charge in [-0.05, 0) is 46.8 Å². The largest absolute Gasteiger partial charge is 0.336 e. The van der Waals surface area contributed by atoms with Gasteiger partial charge in [0.1, 0.15) is 5.82 Å². The van der Waals surface area contributed by atoms with Crippen LogP contribution in [0.3, 0.4) is 0 Å². The highest BCUT2D eigenvalue weighted by molar-refractivity contribution is 9.10. The summed E-state index contributed by atoms with van der Waals surface area (Å²) in [5, 5.41) is 0. The molecule has 3 rings (SSSR count).